The second-order valence-corrected chi connectivity index (χ2v) is 19.3. The maximum absolute atomic E-state index is 2.99. The van der Waals surface area contributed by atoms with Crippen LogP contribution in [0.5, 0.6) is 0 Å². The summed E-state index contributed by atoms with van der Waals surface area (Å²) in [7, 11) is 0. The summed E-state index contributed by atoms with van der Waals surface area (Å²) in [6.07, 6.45) is 14.3. The van der Waals surface area contributed by atoms with Crippen LogP contribution in [-0.2, 0) is 60.7 Å². The topological polar surface area (TPSA) is 0 Å². The average molecular weight is 909 g/mol. The van der Waals surface area contributed by atoms with Crippen molar-refractivity contribution in [3.8, 4) is 22.3 Å². The number of aryl methyl sites for hydroxylation is 2. The first-order chi connectivity index (χ1) is 27.9. The standard InChI is InChI=1S/C37H41.C15H14.C5H5.2ClH.Zr/c1-9-24-15-11-13-17-28(24)32-20-26-19-27-21-33(29-18-14-12-16-25(29)10-2)35(37(6,7)8)23-31(27)30(26)22-34(32)36(3,4)5;1-3-8-14(9-4-1)12-7-13-15-10-5-2-6-11-15;1-2-4-5-3-1;;;/h11-23H,9-10H2,1-8H3;1-6,8-11H,12-13H2;1-3H,4H2;2*1H;/q-1;;-1;;;+2. The molecule has 0 spiro atoms. The van der Waals surface area contributed by atoms with E-state index in [4.69, 9.17) is 0 Å². The van der Waals surface area contributed by atoms with E-state index in [1.807, 2.05) is 12.2 Å². The quantitative estimate of drug-likeness (QED) is 0.133. The van der Waals surface area contributed by atoms with Crippen LogP contribution in [-0.4, -0.2) is 3.21 Å². The van der Waals surface area contributed by atoms with Crippen LogP contribution in [0.25, 0.3) is 43.8 Å². The van der Waals surface area contributed by atoms with Gasteiger partial charge < -0.3 is 0 Å². The van der Waals surface area contributed by atoms with E-state index in [0.717, 1.165) is 32.1 Å². The summed E-state index contributed by atoms with van der Waals surface area (Å²) >= 11 is 1.55. The molecule has 0 aromatic heterocycles. The molecule has 0 fully saturated rings. The van der Waals surface area contributed by atoms with Gasteiger partial charge in [0.05, 0.1) is 0 Å². The zero-order valence-corrected chi connectivity index (χ0v) is 41.0. The molecule has 8 rings (SSSR count). The van der Waals surface area contributed by atoms with Gasteiger partial charge in [0.2, 0.25) is 0 Å². The molecule has 0 aliphatic heterocycles. The predicted molar refractivity (Wildman–Crippen MR) is 265 cm³/mol. The average Bonchev–Trinajstić information content (AvgIpc) is 3.92. The van der Waals surface area contributed by atoms with Crippen molar-refractivity contribution in [2.75, 3.05) is 0 Å². The predicted octanol–water partition coefficient (Wildman–Crippen LogP) is 16.1. The normalized spacial score (nSPS) is 11.9. The van der Waals surface area contributed by atoms with Crippen LogP contribution < -0.4 is 0 Å². The molecule has 7 aromatic carbocycles. The van der Waals surface area contributed by atoms with Crippen molar-refractivity contribution in [1.29, 1.82) is 0 Å². The van der Waals surface area contributed by atoms with Crippen LogP contribution in [0.2, 0.25) is 0 Å². The van der Waals surface area contributed by atoms with Crippen molar-refractivity contribution in [3.63, 3.8) is 0 Å². The Morgan fingerprint density at radius 1 is 0.550 bits per heavy atom. The molecular weight excluding hydrogens is 847 g/mol. The Kier molecular flexibility index (Phi) is 18.0. The molecule has 0 amide bonds. The first-order valence-electron chi connectivity index (χ1n) is 21.1. The van der Waals surface area contributed by atoms with Gasteiger partial charge in [-0.1, -0.05) is 116 Å². The van der Waals surface area contributed by atoms with E-state index in [0.29, 0.717) is 0 Å². The van der Waals surface area contributed by atoms with E-state index in [1.165, 1.54) is 77.2 Å². The Hall–Kier alpha value is -4.00. The molecule has 3 heteroatoms. The van der Waals surface area contributed by atoms with Gasteiger partial charge in [0, 0.05) is 0 Å². The molecule has 0 saturated heterocycles. The number of fused-ring (bicyclic) bond motifs is 3. The summed E-state index contributed by atoms with van der Waals surface area (Å²) in [5.74, 6) is 0. The van der Waals surface area contributed by atoms with E-state index in [2.05, 4.69) is 207 Å². The Balaban J connectivity index is 0.000000285. The van der Waals surface area contributed by atoms with E-state index in [-0.39, 0.29) is 35.6 Å². The van der Waals surface area contributed by atoms with Crippen molar-refractivity contribution in [2.45, 2.75) is 98.3 Å². The molecular formula is C57H62Cl2Zr. The number of benzene rings is 6. The summed E-state index contributed by atoms with van der Waals surface area (Å²) in [6, 6.07) is 51.6. The molecule has 7 aromatic rings. The third-order valence-electron chi connectivity index (χ3n) is 11.1. The van der Waals surface area contributed by atoms with Crippen molar-refractivity contribution in [3.05, 3.63) is 197 Å². The molecule has 0 saturated carbocycles. The van der Waals surface area contributed by atoms with Crippen LogP contribution in [0.3, 0.4) is 0 Å². The minimum absolute atomic E-state index is 0. The Bertz CT molecular complexity index is 2350. The number of allylic oxidation sites excluding steroid dienone is 4. The summed E-state index contributed by atoms with van der Waals surface area (Å²) in [4.78, 5) is 0. The number of hydrogen-bond donors (Lipinski definition) is 0. The zero-order valence-electron chi connectivity index (χ0n) is 36.9. The first kappa shape index (κ1) is 48.7. The van der Waals surface area contributed by atoms with E-state index in [9.17, 15) is 0 Å². The van der Waals surface area contributed by atoms with Gasteiger partial charge in [0.15, 0.2) is 0 Å². The molecule has 0 radical (unpaired) electrons. The van der Waals surface area contributed by atoms with Crippen LogP contribution in [0.15, 0.2) is 158 Å². The summed E-state index contributed by atoms with van der Waals surface area (Å²) in [5, 5.41) is 5.42. The van der Waals surface area contributed by atoms with E-state index < -0.39 is 0 Å². The molecule has 1 aliphatic rings. The maximum atomic E-state index is 2.99. The zero-order chi connectivity index (χ0) is 41.3. The molecule has 308 valence electrons. The Labute approximate surface area is 388 Å². The third kappa shape index (κ3) is 12.3. The number of rotatable bonds is 8. The van der Waals surface area contributed by atoms with Gasteiger partial charge in [-0.25, -0.2) is 12.2 Å². The summed E-state index contributed by atoms with van der Waals surface area (Å²) in [6.45, 7) is 18.6. The Morgan fingerprint density at radius 2 is 0.950 bits per heavy atom. The van der Waals surface area contributed by atoms with Crippen LogP contribution >= 0.6 is 24.8 Å². The first-order valence-corrected chi connectivity index (χ1v) is 22.3. The van der Waals surface area contributed by atoms with E-state index >= 15 is 0 Å². The van der Waals surface area contributed by atoms with Crippen LogP contribution in [0, 0.1) is 6.08 Å². The molecule has 0 heterocycles. The molecule has 60 heavy (non-hydrogen) atoms. The number of hydrogen-bond acceptors (Lipinski definition) is 0. The summed E-state index contributed by atoms with van der Waals surface area (Å²) < 4.78 is 1.60. The molecule has 0 unspecified atom stereocenters. The number of halogens is 2. The van der Waals surface area contributed by atoms with Gasteiger partial charge in [-0.2, -0.15) is 6.08 Å². The second kappa shape index (κ2) is 22.2. The van der Waals surface area contributed by atoms with Crippen molar-refractivity contribution in [2.24, 2.45) is 0 Å². The van der Waals surface area contributed by atoms with Crippen molar-refractivity contribution >= 4 is 49.6 Å². The van der Waals surface area contributed by atoms with Crippen LogP contribution in [0.1, 0.15) is 95.2 Å². The fourth-order valence-electron chi connectivity index (χ4n) is 8.06. The van der Waals surface area contributed by atoms with Crippen LogP contribution in [0.4, 0.5) is 0 Å². The third-order valence-corrected chi connectivity index (χ3v) is 11.9. The molecule has 0 bridgehead atoms. The van der Waals surface area contributed by atoms with E-state index in [1.54, 1.807) is 27.4 Å². The molecule has 0 N–H and O–H groups in total. The Morgan fingerprint density at radius 3 is 1.28 bits per heavy atom. The van der Waals surface area contributed by atoms with Gasteiger partial charge in [0.25, 0.3) is 0 Å². The van der Waals surface area contributed by atoms with Crippen molar-refractivity contribution in [1.82, 2.24) is 0 Å². The second-order valence-electron chi connectivity index (χ2n) is 17.6. The fraction of sp³-hybridized carbons (Fsp3) is 0.263. The summed E-state index contributed by atoms with van der Waals surface area (Å²) in [5.41, 5.74) is 14.1. The molecule has 0 atom stereocenters. The molecule has 1 aliphatic carbocycles. The van der Waals surface area contributed by atoms with Gasteiger partial charge >= 0.3 is 112 Å². The van der Waals surface area contributed by atoms with Crippen molar-refractivity contribution < 1.29 is 24.2 Å². The van der Waals surface area contributed by atoms with Gasteiger partial charge in [0.1, 0.15) is 0 Å². The SMILES string of the molecule is CCc1ccccc1-c1cc2[cH-]c3cc(-c4ccccc4CC)c(C(C)(C)C)cc3c2cc1C(C)(C)C.Cl.Cl.[C-]1=CC=CC1.[Zr+2]=[C](Cc1ccccc1)Cc1ccccc1. The van der Waals surface area contributed by atoms with Gasteiger partial charge in [-0.05, 0) is 68.2 Å². The van der Waals surface area contributed by atoms with Gasteiger partial charge in [-0.15, -0.1) is 71.0 Å². The monoisotopic (exact) mass is 906 g/mol. The fourth-order valence-corrected chi connectivity index (χ4v) is 9.07. The molecule has 0 nitrogen and oxygen atoms in total. The van der Waals surface area contributed by atoms with Gasteiger partial charge in [-0.3, -0.25) is 6.08 Å². The minimum atomic E-state index is 0.